The lowest BCUT2D eigenvalue weighted by Crippen LogP contribution is -2.36. The van der Waals surface area contributed by atoms with Crippen LogP contribution in [-0.2, 0) is 23.8 Å². The molecule has 1 N–H and O–H groups in total. The zero-order valence-electron chi connectivity index (χ0n) is 13.8. The summed E-state index contributed by atoms with van der Waals surface area (Å²) >= 11 is 0. The summed E-state index contributed by atoms with van der Waals surface area (Å²) in [5.74, 6) is -0.468. The zero-order valence-corrected chi connectivity index (χ0v) is 13.8. The van der Waals surface area contributed by atoms with Crippen molar-refractivity contribution in [2.75, 3.05) is 13.7 Å². The Labute approximate surface area is 140 Å². The normalized spacial score (nSPS) is 24.2. The van der Waals surface area contributed by atoms with Gasteiger partial charge in [0.25, 0.3) is 0 Å². The van der Waals surface area contributed by atoms with Crippen LogP contribution in [0, 0.1) is 6.92 Å². The fourth-order valence-corrected chi connectivity index (χ4v) is 3.09. The molecule has 2 heterocycles. The highest BCUT2D eigenvalue weighted by atomic mass is 16.6. The van der Waals surface area contributed by atoms with Crippen LogP contribution in [0.4, 0.5) is 0 Å². The molecule has 1 saturated heterocycles. The summed E-state index contributed by atoms with van der Waals surface area (Å²) in [6, 6.07) is 7.25. The van der Waals surface area contributed by atoms with E-state index in [0.717, 1.165) is 30.5 Å². The van der Waals surface area contributed by atoms with Gasteiger partial charge in [0, 0.05) is 0 Å². The Morgan fingerprint density at radius 1 is 1.38 bits per heavy atom. The van der Waals surface area contributed by atoms with E-state index in [1.54, 1.807) is 0 Å². The first-order valence-corrected chi connectivity index (χ1v) is 8.05. The van der Waals surface area contributed by atoms with Crippen LogP contribution < -0.4 is 5.32 Å². The predicted octanol–water partition coefficient (Wildman–Crippen LogP) is 1.79. The number of benzene rings is 1. The van der Waals surface area contributed by atoms with Crippen molar-refractivity contribution in [2.45, 2.75) is 38.0 Å². The second-order valence-corrected chi connectivity index (χ2v) is 5.97. The largest absolute Gasteiger partial charge is 0.497 e. The maximum atomic E-state index is 12.5. The highest BCUT2D eigenvalue weighted by Crippen LogP contribution is 2.34. The van der Waals surface area contributed by atoms with Crippen molar-refractivity contribution in [2.24, 2.45) is 0 Å². The molecule has 0 bridgehead atoms. The molecule has 3 rings (SSSR count). The van der Waals surface area contributed by atoms with Crippen LogP contribution in [0.2, 0.25) is 0 Å². The number of carbonyl (C=O) groups is 2. The minimum Gasteiger partial charge on any atom is -0.497 e. The third-order valence-electron chi connectivity index (χ3n) is 4.38. The highest BCUT2D eigenvalue weighted by molar-refractivity contribution is 5.85. The molecule has 1 aromatic rings. The number of cyclic esters (lactones) is 1. The molecule has 2 aliphatic heterocycles. The van der Waals surface area contributed by atoms with Gasteiger partial charge in [-0.05, 0) is 37.4 Å². The molecule has 6 nitrogen and oxygen atoms in total. The van der Waals surface area contributed by atoms with Crippen molar-refractivity contribution >= 4 is 11.9 Å². The third-order valence-corrected chi connectivity index (χ3v) is 4.38. The van der Waals surface area contributed by atoms with Crippen LogP contribution in [0.15, 0.2) is 36.1 Å². The highest BCUT2D eigenvalue weighted by Gasteiger charge is 2.40. The number of hydrogen-bond donors (Lipinski definition) is 1. The monoisotopic (exact) mass is 331 g/mol. The molecule has 2 aliphatic rings. The summed E-state index contributed by atoms with van der Waals surface area (Å²) in [4.78, 5) is 24.1. The van der Waals surface area contributed by atoms with Crippen molar-refractivity contribution < 1.29 is 23.8 Å². The van der Waals surface area contributed by atoms with Gasteiger partial charge in [-0.3, -0.25) is 4.79 Å². The summed E-state index contributed by atoms with van der Waals surface area (Å²) in [6.45, 7) is 2.73. The second kappa shape index (κ2) is 7.05. The minimum atomic E-state index is -0.769. The number of esters is 2. The molecule has 0 amide bonds. The van der Waals surface area contributed by atoms with E-state index in [-0.39, 0.29) is 12.0 Å². The van der Waals surface area contributed by atoms with Gasteiger partial charge in [0.05, 0.1) is 13.2 Å². The molecular weight excluding hydrogens is 310 g/mol. The smallest absolute Gasteiger partial charge is 0.335 e. The fourth-order valence-electron chi connectivity index (χ4n) is 3.09. The number of rotatable bonds is 5. The lowest BCUT2D eigenvalue weighted by Gasteiger charge is -2.27. The maximum Gasteiger partial charge on any atom is 0.335 e. The second-order valence-electron chi connectivity index (χ2n) is 5.97. The Balaban J connectivity index is 1.89. The molecule has 1 fully saturated rings. The molecule has 6 heteroatoms. The van der Waals surface area contributed by atoms with E-state index in [2.05, 4.69) is 5.32 Å². The maximum absolute atomic E-state index is 12.5. The number of aryl methyl sites for hydroxylation is 1. The number of ether oxygens (including phenoxy) is 3. The van der Waals surface area contributed by atoms with E-state index in [4.69, 9.17) is 14.2 Å². The zero-order chi connectivity index (χ0) is 17.1. The summed E-state index contributed by atoms with van der Waals surface area (Å²) in [5.41, 5.74) is 1.75. The first-order valence-electron chi connectivity index (χ1n) is 8.05. The summed E-state index contributed by atoms with van der Waals surface area (Å²) in [6.07, 6.45) is 1.47. The van der Waals surface area contributed by atoms with Gasteiger partial charge in [-0.1, -0.05) is 24.3 Å². The average Bonchev–Trinajstić information content (AvgIpc) is 3.22. The van der Waals surface area contributed by atoms with E-state index in [0.29, 0.717) is 5.76 Å². The van der Waals surface area contributed by atoms with E-state index in [9.17, 15) is 9.59 Å². The van der Waals surface area contributed by atoms with E-state index in [1.807, 2.05) is 31.2 Å². The minimum absolute atomic E-state index is 0.316. The molecule has 2 unspecified atom stereocenters. The van der Waals surface area contributed by atoms with Crippen molar-refractivity contribution in [3.63, 3.8) is 0 Å². The number of nitrogens with one attached hydrogen (secondary N) is 1. The first kappa shape index (κ1) is 16.5. The Hall–Kier alpha value is -2.34. The van der Waals surface area contributed by atoms with Crippen LogP contribution in [0.25, 0.3) is 0 Å². The molecule has 0 saturated carbocycles. The van der Waals surface area contributed by atoms with Crippen LogP contribution in [0.5, 0.6) is 0 Å². The van der Waals surface area contributed by atoms with Crippen molar-refractivity contribution in [3.05, 3.63) is 47.2 Å². The number of hydrogen-bond acceptors (Lipinski definition) is 6. The summed E-state index contributed by atoms with van der Waals surface area (Å²) < 4.78 is 16.4. The van der Waals surface area contributed by atoms with Crippen molar-refractivity contribution in [1.82, 2.24) is 5.32 Å². The van der Waals surface area contributed by atoms with Gasteiger partial charge in [-0.15, -0.1) is 0 Å². The van der Waals surface area contributed by atoms with Gasteiger partial charge >= 0.3 is 11.9 Å². The lowest BCUT2D eigenvalue weighted by molar-refractivity contribution is -0.164. The Kier molecular flexibility index (Phi) is 4.85. The molecule has 0 radical (unpaired) electrons. The quantitative estimate of drug-likeness (QED) is 0.829. The molecule has 1 aromatic carbocycles. The predicted molar refractivity (Wildman–Crippen MR) is 86.0 cm³/mol. The lowest BCUT2D eigenvalue weighted by atomic mass is 9.98. The van der Waals surface area contributed by atoms with E-state index in [1.165, 1.54) is 13.2 Å². The summed E-state index contributed by atoms with van der Waals surface area (Å²) in [7, 11) is 1.47. The number of carbonyl (C=O) groups excluding carboxylic acids is 2. The molecule has 3 atom stereocenters. The van der Waals surface area contributed by atoms with Gasteiger partial charge in [0.1, 0.15) is 11.8 Å². The Morgan fingerprint density at radius 3 is 2.83 bits per heavy atom. The SMILES string of the molecule is COC1=CC(=O)OC1C(OC(=O)[C@@H]1CCCN1)c1ccccc1C. The topological polar surface area (TPSA) is 73.9 Å². The van der Waals surface area contributed by atoms with Crippen LogP contribution in [0.3, 0.4) is 0 Å². The molecule has 0 spiro atoms. The number of methoxy groups -OCH3 is 1. The Morgan fingerprint density at radius 2 is 2.17 bits per heavy atom. The molecule has 0 aliphatic carbocycles. The molecule has 24 heavy (non-hydrogen) atoms. The van der Waals surface area contributed by atoms with Crippen LogP contribution in [0.1, 0.15) is 30.1 Å². The molecule has 0 aromatic heterocycles. The summed E-state index contributed by atoms with van der Waals surface area (Å²) in [5, 5.41) is 3.12. The average molecular weight is 331 g/mol. The van der Waals surface area contributed by atoms with Crippen LogP contribution >= 0.6 is 0 Å². The van der Waals surface area contributed by atoms with Gasteiger partial charge in [-0.2, -0.15) is 0 Å². The molecular formula is C18H21NO5. The third kappa shape index (κ3) is 3.28. The van der Waals surface area contributed by atoms with E-state index >= 15 is 0 Å². The fraction of sp³-hybridized carbons (Fsp3) is 0.444. The van der Waals surface area contributed by atoms with Crippen molar-refractivity contribution in [3.8, 4) is 0 Å². The van der Waals surface area contributed by atoms with Gasteiger partial charge in [-0.25, -0.2) is 4.79 Å². The molecule has 128 valence electrons. The van der Waals surface area contributed by atoms with Crippen molar-refractivity contribution in [1.29, 1.82) is 0 Å². The van der Waals surface area contributed by atoms with Gasteiger partial charge in [0.2, 0.25) is 0 Å². The van der Waals surface area contributed by atoms with Gasteiger partial charge < -0.3 is 19.5 Å². The van der Waals surface area contributed by atoms with Crippen LogP contribution in [-0.4, -0.2) is 37.7 Å². The Bertz CT molecular complexity index is 663. The van der Waals surface area contributed by atoms with E-state index < -0.39 is 18.2 Å². The standard InChI is InChI=1S/C18H21NO5/c1-11-6-3-4-7-12(11)16(17-14(22-2)10-15(20)23-17)24-18(21)13-8-5-9-19-13/h3-4,6-7,10,13,16-17,19H,5,8-9H2,1-2H3/t13-,16?,17?/m0/s1. The van der Waals surface area contributed by atoms with Gasteiger partial charge in [0.15, 0.2) is 12.2 Å². The first-order chi connectivity index (χ1) is 11.6.